The summed E-state index contributed by atoms with van der Waals surface area (Å²) < 4.78 is 5.30. The molecule has 0 spiro atoms. The number of benzene rings is 1. The zero-order valence-electron chi connectivity index (χ0n) is 16.5. The molecule has 3 heterocycles. The first-order chi connectivity index (χ1) is 14.6. The fourth-order valence-corrected chi connectivity index (χ4v) is 3.40. The van der Waals surface area contributed by atoms with E-state index in [0.29, 0.717) is 49.3 Å². The molecule has 11 heteroatoms. The number of nitrogen functional groups attached to an aromatic ring is 1. The van der Waals surface area contributed by atoms with Gasteiger partial charge in [-0.2, -0.15) is 4.98 Å². The number of hydrogen-bond acceptors (Lipinski definition) is 9. The molecule has 2 aliphatic heterocycles. The number of amides is 1. The highest BCUT2D eigenvalue weighted by Gasteiger charge is 2.20. The van der Waals surface area contributed by atoms with E-state index in [1.165, 1.54) is 0 Å². The van der Waals surface area contributed by atoms with Crippen molar-refractivity contribution in [3.05, 3.63) is 35.5 Å². The van der Waals surface area contributed by atoms with Crippen LogP contribution in [0.1, 0.15) is 22.5 Å². The molecule has 11 nitrogen and oxygen atoms in total. The molecule has 2 fully saturated rings. The molecule has 6 N–H and O–H groups in total. The lowest BCUT2D eigenvalue weighted by Gasteiger charge is -2.26. The number of anilines is 3. The van der Waals surface area contributed by atoms with E-state index in [0.717, 1.165) is 19.5 Å². The summed E-state index contributed by atoms with van der Waals surface area (Å²) in [4.78, 5) is 18.8. The molecule has 0 unspecified atom stereocenters. The van der Waals surface area contributed by atoms with Gasteiger partial charge in [-0.3, -0.25) is 10.2 Å². The molecule has 1 amide bonds. The summed E-state index contributed by atoms with van der Waals surface area (Å²) in [5.41, 5.74) is 7.11. The first-order valence-corrected chi connectivity index (χ1v) is 9.90. The minimum Gasteiger partial charge on any atom is -0.382 e. The number of morpholine rings is 1. The fourth-order valence-electron chi connectivity index (χ4n) is 3.40. The molecule has 0 saturated carbocycles. The Morgan fingerprint density at radius 1 is 1.23 bits per heavy atom. The molecule has 1 aromatic heterocycles. The lowest BCUT2D eigenvalue weighted by Crippen LogP contribution is -2.40. The van der Waals surface area contributed by atoms with Crippen LogP contribution in [0.5, 0.6) is 0 Å². The van der Waals surface area contributed by atoms with Gasteiger partial charge in [0, 0.05) is 36.9 Å². The van der Waals surface area contributed by atoms with Crippen LogP contribution < -0.4 is 21.7 Å². The van der Waals surface area contributed by atoms with Crippen LogP contribution in [0.4, 0.5) is 17.5 Å². The topological polar surface area (TPSA) is 154 Å². The third kappa shape index (κ3) is 4.63. The van der Waals surface area contributed by atoms with Crippen LogP contribution in [0.25, 0.3) is 0 Å². The molecule has 1 atom stereocenters. The average molecular weight is 411 g/mol. The van der Waals surface area contributed by atoms with E-state index >= 15 is 0 Å². The molecule has 4 rings (SSSR count). The molecule has 30 heavy (non-hydrogen) atoms. The third-order valence-corrected chi connectivity index (χ3v) is 5.03. The van der Waals surface area contributed by atoms with Crippen molar-refractivity contribution in [2.75, 3.05) is 50.0 Å². The Morgan fingerprint density at radius 3 is 2.67 bits per heavy atom. The predicted octanol–water partition coefficient (Wildman–Crippen LogP) is 0.145. The van der Waals surface area contributed by atoms with Crippen molar-refractivity contribution in [2.24, 2.45) is 5.73 Å². The monoisotopic (exact) mass is 411 g/mol. The maximum absolute atomic E-state index is 12.6. The van der Waals surface area contributed by atoms with Gasteiger partial charge in [0.25, 0.3) is 5.91 Å². The van der Waals surface area contributed by atoms with E-state index in [9.17, 15) is 4.79 Å². The SMILES string of the molecule is N=C(N)c1nnc(N[C@@H]2CCNC2)nc1Nc1ccc(C(=O)N2CCOCC2)cc1. The quantitative estimate of drug-likeness (QED) is 0.330. The van der Waals surface area contributed by atoms with E-state index in [4.69, 9.17) is 15.9 Å². The van der Waals surface area contributed by atoms with Crippen molar-refractivity contribution in [1.29, 1.82) is 5.41 Å². The Kier molecular flexibility index (Phi) is 6.00. The van der Waals surface area contributed by atoms with Gasteiger partial charge in [-0.15, -0.1) is 10.2 Å². The minimum absolute atomic E-state index is 0.0189. The number of aromatic nitrogens is 3. The zero-order valence-corrected chi connectivity index (χ0v) is 16.5. The van der Waals surface area contributed by atoms with Gasteiger partial charge in [0.05, 0.1) is 13.2 Å². The number of nitrogens with two attached hydrogens (primary N) is 1. The lowest BCUT2D eigenvalue weighted by atomic mass is 10.1. The molecule has 0 bridgehead atoms. The molecule has 2 aliphatic rings. The molecular formula is C19H25N9O2. The summed E-state index contributed by atoms with van der Waals surface area (Å²) in [7, 11) is 0. The van der Waals surface area contributed by atoms with Gasteiger partial charge in [-0.25, -0.2) is 0 Å². The van der Waals surface area contributed by atoms with Crippen LogP contribution in [0, 0.1) is 5.41 Å². The van der Waals surface area contributed by atoms with Gasteiger partial charge in [0.1, 0.15) is 5.84 Å². The summed E-state index contributed by atoms with van der Waals surface area (Å²) >= 11 is 0. The number of amidine groups is 1. The Morgan fingerprint density at radius 2 is 2.00 bits per heavy atom. The summed E-state index contributed by atoms with van der Waals surface area (Å²) in [5, 5.41) is 25.5. The number of hydrogen-bond donors (Lipinski definition) is 5. The van der Waals surface area contributed by atoms with Gasteiger partial charge in [0.2, 0.25) is 5.95 Å². The first kappa shape index (κ1) is 20.0. The van der Waals surface area contributed by atoms with E-state index in [2.05, 4.69) is 31.1 Å². The molecular weight excluding hydrogens is 386 g/mol. The maximum Gasteiger partial charge on any atom is 0.254 e. The van der Waals surface area contributed by atoms with E-state index in [1.54, 1.807) is 29.2 Å². The summed E-state index contributed by atoms with van der Waals surface area (Å²) in [6, 6.07) is 7.31. The average Bonchev–Trinajstić information content (AvgIpc) is 3.27. The molecule has 0 radical (unpaired) electrons. The highest BCUT2D eigenvalue weighted by atomic mass is 16.5. The lowest BCUT2D eigenvalue weighted by molar-refractivity contribution is 0.0303. The van der Waals surface area contributed by atoms with Crippen LogP contribution in [0.15, 0.2) is 24.3 Å². The number of nitrogens with zero attached hydrogens (tertiary/aromatic N) is 4. The number of rotatable bonds is 6. The van der Waals surface area contributed by atoms with Gasteiger partial charge in [-0.05, 0) is 37.2 Å². The zero-order chi connectivity index (χ0) is 20.9. The largest absolute Gasteiger partial charge is 0.382 e. The molecule has 0 aliphatic carbocycles. The second kappa shape index (κ2) is 9.01. The fraction of sp³-hybridized carbons (Fsp3) is 0.421. The van der Waals surface area contributed by atoms with Gasteiger partial charge in [-0.1, -0.05) is 0 Å². The Bertz CT molecular complexity index is 907. The third-order valence-electron chi connectivity index (χ3n) is 5.03. The Hall–Kier alpha value is -3.31. The number of ether oxygens (including phenoxy) is 1. The van der Waals surface area contributed by atoms with E-state index in [-0.39, 0.29) is 23.5 Å². The van der Waals surface area contributed by atoms with Crippen LogP contribution in [0.3, 0.4) is 0 Å². The van der Waals surface area contributed by atoms with Gasteiger partial charge in [0.15, 0.2) is 11.5 Å². The van der Waals surface area contributed by atoms with Crippen molar-refractivity contribution >= 4 is 29.2 Å². The number of nitrogens with one attached hydrogen (secondary N) is 4. The second-order valence-corrected chi connectivity index (χ2v) is 7.19. The van der Waals surface area contributed by atoms with E-state index in [1.807, 2.05) is 0 Å². The van der Waals surface area contributed by atoms with Crippen LogP contribution in [-0.2, 0) is 4.74 Å². The summed E-state index contributed by atoms with van der Waals surface area (Å²) in [6.45, 7) is 4.09. The first-order valence-electron chi connectivity index (χ1n) is 9.90. The van der Waals surface area contributed by atoms with Crippen LogP contribution >= 0.6 is 0 Å². The smallest absolute Gasteiger partial charge is 0.254 e. The molecule has 158 valence electrons. The molecule has 2 aromatic rings. The van der Waals surface area contributed by atoms with Crippen LogP contribution in [0.2, 0.25) is 0 Å². The molecule has 1 aromatic carbocycles. The van der Waals surface area contributed by atoms with Gasteiger partial charge < -0.3 is 31.3 Å². The Balaban J connectivity index is 1.49. The van der Waals surface area contributed by atoms with Crippen molar-refractivity contribution in [2.45, 2.75) is 12.5 Å². The number of carbonyl (C=O) groups is 1. The molecule has 2 saturated heterocycles. The van der Waals surface area contributed by atoms with Crippen molar-refractivity contribution < 1.29 is 9.53 Å². The van der Waals surface area contributed by atoms with Crippen molar-refractivity contribution in [3.63, 3.8) is 0 Å². The second-order valence-electron chi connectivity index (χ2n) is 7.19. The number of carbonyl (C=O) groups excluding carboxylic acids is 1. The normalized spacial score (nSPS) is 18.8. The van der Waals surface area contributed by atoms with E-state index < -0.39 is 0 Å². The maximum atomic E-state index is 12.6. The summed E-state index contributed by atoms with van der Waals surface area (Å²) in [5.74, 6) is 0.453. The van der Waals surface area contributed by atoms with Crippen LogP contribution in [-0.4, -0.2) is 77.3 Å². The standard InChI is InChI=1S/C19H25N9O2/c20-16(21)15-17(25-19(27-26-15)24-14-5-6-22-11-14)23-13-3-1-12(2-4-13)18(29)28-7-9-30-10-8-28/h1-4,14,22H,5-11H2,(H3,20,21)(H2,23,24,25,27)/t14-/m1/s1. The van der Waals surface area contributed by atoms with Crippen molar-refractivity contribution in [3.8, 4) is 0 Å². The highest BCUT2D eigenvalue weighted by Crippen LogP contribution is 2.20. The predicted molar refractivity (Wildman–Crippen MR) is 112 cm³/mol. The Labute approximate surface area is 173 Å². The van der Waals surface area contributed by atoms with Gasteiger partial charge >= 0.3 is 0 Å². The minimum atomic E-state index is -0.231. The summed E-state index contributed by atoms with van der Waals surface area (Å²) in [6.07, 6.45) is 0.971. The highest BCUT2D eigenvalue weighted by molar-refractivity contribution is 5.98. The van der Waals surface area contributed by atoms with Crippen molar-refractivity contribution in [1.82, 2.24) is 25.4 Å².